The van der Waals surface area contributed by atoms with Crippen molar-refractivity contribution in [1.29, 1.82) is 0 Å². The second-order valence-corrected chi connectivity index (χ2v) is 11.9. The summed E-state index contributed by atoms with van der Waals surface area (Å²) in [5, 5.41) is 2.92. The zero-order valence-electron chi connectivity index (χ0n) is 22.0. The highest BCUT2D eigenvalue weighted by atomic mass is 32.2. The summed E-state index contributed by atoms with van der Waals surface area (Å²) in [5.41, 5.74) is 1.68. The van der Waals surface area contributed by atoms with Gasteiger partial charge in [-0.2, -0.15) is 0 Å². The lowest BCUT2D eigenvalue weighted by molar-refractivity contribution is -0.140. The van der Waals surface area contributed by atoms with Crippen molar-refractivity contribution in [3.8, 4) is 0 Å². The molecule has 0 saturated heterocycles. The van der Waals surface area contributed by atoms with Crippen LogP contribution in [-0.2, 0) is 26.2 Å². The lowest BCUT2D eigenvalue weighted by Gasteiger charge is -2.33. The number of nitrogens with zero attached hydrogens (tertiary/aromatic N) is 2. The van der Waals surface area contributed by atoms with Gasteiger partial charge in [-0.15, -0.1) is 0 Å². The van der Waals surface area contributed by atoms with Crippen molar-refractivity contribution in [3.63, 3.8) is 0 Å². The van der Waals surface area contributed by atoms with Gasteiger partial charge in [0.1, 0.15) is 12.6 Å². The average Bonchev–Trinajstić information content (AvgIpc) is 2.86. The Kier molecular flexibility index (Phi) is 8.76. The van der Waals surface area contributed by atoms with E-state index >= 15 is 0 Å². The number of sulfonamides is 1. The summed E-state index contributed by atoms with van der Waals surface area (Å²) >= 11 is 0. The lowest BCUT2D eigenvalue weighted by atomic mass is 10.1. The van der Waals surface area contributed by atoms with Crippen molar-refractivity contribution in [3.05, 3.63) is 96.1 Å². The molecule has 8 heteroatoms. The van der Waals surface area contributed by atoms with Gasteiger partial charge in [-0.1, -0.05) is 66.2 Å². The zero-order chi connectivity index (χ0) is 27.2. The molecular formula is C29H35N3O4S. The fraction of sp³-hybridized carbons (Fsp3) is 0.310. The van der Waals surface area contributed by atoms with Gasteiger partial charge >= 0.3 is 0 Å². The Balaban J connectivity index is 2.00. The molecule has 0 heterocycles. The minimum atomic E-state index is -4.06. The van der Waals surface area contributed by atoms with Crippen molar-refractivity contribution < 1.29 is 18.0 Å². The molecule has 0 aromatic heterocycles. The fourth-order valence-electron chi connectivity index (χ4n) is 3.80. The third-order valence-corrected chi connectivity index (χ3v) is 7.58. The van der Waals surface area contributed by atoms with E-state index in [-0.39, 0.29) is 17.3 Å². The van der Waals surface area contributed by atoms with Crippen LogP contribution in [0.2, 0.25) is 0 Å². The summed E-state index contributed by atoms with van der Waals surface area (Å²) in [6.07, 6.45) is 0. The van der Waals surface area contributed by atoms with Gasteiger partial charge < -0.3 is 10.2 Å². The van der Waals surface area contributed by atoms with E-state index in [9.17, 15) is 18.0 Å². The van der Waals surface area contributed by atoms with Crippen LogP contribution in [0.5, 0.6) is 0 Å². The summed E-state index contributed by atoms with van der Waals surface area (Å²) in [4.78, 5) is 28.4. The van der Waals surface area contributed by atoms with Crippen LogP contribution in [0.4, 0.5) is 5.69 Å². The number of anilines is 1. The van der Waals surface area contributed by atoms with Crippen LogP contribution in [-0.4, -0.2) is 43.3 Å². The molecule has 196 valence electrons. The maximum atomic E-state index is 13.8. The molecule has 0 aliphatic carbocycles. The predicted molar refractivity (Wildman–Crippen MR) is 147 cm³/mol. The molecule has 7 nitrogen and oxygen atoms in total. The first-order valence-electron chi connectivity index (χ1n) is 12.2. The van der Waals surface area contributed by atoms with Gasteiger partial charge in [-0.25, -0.2) is 8.42 Å². The minimum absolute atomic E-state index is 0.0801. The molecule has 1 atom stereocenters. The van der Waals surface area contributed by atoms with Crippen molar-refractivity contribution in [2.24, 2.45) is 0 Å². The van der Waals surface area contributed by atoms with Gasteiger partial charge in [-0.3, -0.25) is 13.9 Å². The highest BCUT2D eigenvalue weighted by Gasteiger charge is 2.33. The van der Waals surface area contributed by atoms with E-state index < -0.39 is 34.1 Å². The van der Waals surface area contributed by atoms with Crippen LogP contribution in [0.15, 0.2) is 89.8 Å². The van der Waals surface area contributed by atoms with Crippen LogP contribution < -0.4 is 9.62 Å². The molecule has 0 radical (unpaired) electrons. The number of hydrogen-bond acceptors (Lipinski definition) is 4. The normalized spacial score (nSPS) is 12.5. The smallest absolute Gasteiger partial charge is 0.264 e. The summed E-state index contributed by atoms with van der Waals surface area (Å²) < 4.78 is 28.5. The van der Waals surface area contributed by atoms with Crippen LogP contribution in [0.1, 0.15) is 38.8 Å². The van der Waals surface area contributed by atoms with Crippen LogP contribution in [0.25, 0.3) is 0 Å². The molecule has 0 bridgehead atoms. The summed E-state index contributed by atoms with van der Waals surface area (Å²) in [6, 6.07) is 23.5. The van der Waals surface area contributed by atoms with E-state index in [1.165, 1.54) is 17.0 Å². The Morgan fingerprint density at radius 2 is 1.41 bits per heavy atom. The third kappa shape index (κ3) is 7.43. The molecule has 0 aliphatic heterocycles. The number of rotatable bonds is 9. The molecule has 3 rings (SSSR count). The van der Waals surface area contributed by atoms with Gasteiger partial charge in [0, 0.05) is 12.1 Å². The molecule has 1 N–H and O–H groups in total. The van der Waals surface area contributed by atoms with Crippen LogP contribution in [0.3, 0.4) is 0 Å². The molecule has 0 unspecified atom stereocenters. The molecule has 0 aliphatic rings. The number of aryl methyl sites for hydroxylation is 1. The molecule has 0 spiro atoms. The maximum Gasteiger partial charge on any atom is 0.264 e. The number of hydrogen-bond donors (Lipinski definition) is 1. The van der Waals surface area contributed by atoms with E-state index in [0.717, 1.165) is 15.4 Å². The minimum Gasteiger partial charge on any atom is -0.350 e. The standard InChI is InChI=1S/C29H35N3O4S/c1-22-16-18-25(19-17-22)32(37(35,36)26-14-10-7-11-15-26)21-27(33)31(20-24-12-8-6-9-13-24)23(2)28(34)30-29(3,4)5/h6-19,23H,20-21H2,1-5H3,(H,30,34)/t23-/m0/s1. The highest BCUT2D eigenvalue weighted by Crippen LogP contribution is 2.25. The van der Waals surface area contributed by atoms with Gasteiger partial charge in [0.2, 0.25) is 11.8 Å². The lowest BCUT2D eigenvalue weighted by Crippen LogP contribution is -2.54. The molecule has 3 aromatic carbocycles. The molecule has 37 heavy (non-hydrogen) atoms. The van der Waals surface area contributed by atoms with Crippen molar-refractivity contribution in [2.45, 2.75) is 57.6 Å². The number of carbonyl (C=O) groups excluding carboxylic acids is 2. The number of amides is 2. The topological polar surface area (TPSA) is 86.8 Å². The van der Waals surface area contributed by atoms with E-state index in [1.54, 1.807) is 49.4 Å². The van der Waals surface area contributed by atoms with Crippen molar-refractivity contribution in [2.75, 3.05) is 10.8 Å². The van der Waals surface area contributed by atoms with Gasteiger partial charge in [-0.05, 0) is 64.4 Å². The van der Waals surface area contributed by atoms with Crippen LogP contribution >= 0.6 is 0 Å². The van der Waals surface area contributed by atoms with E-state index in [1.807, 2.05) is 58.0 Å². The number of nitrogens with one attached hydrogen (secondary N) is 1. The summed E-state index contributed by atoms with van der Waals surface area (Å²) in [6.45, 7) is 8.86. The monoisotopic (exact) mass is 521 g/mol. The average molecular weight is 522 g/mol. The second-order valence-electron chi connectivity index (χ2n) is 10.1. The highest BCUT2D eigenvalue weighted by molar-refractivity contribution is 7.92. The van der Waals surface area contributed by atoms with Gasteiger partial charge in [0.05, 0.1) is 10.6 Å². The molecule has 0 saturated carbocycles. The van der Waals surface area contributed by atoms with E-state index in [0.29, 0.717) is 5.69 Å². The van der Waals surface area contributed by atoms with Crippen molar-refractivity contribution >= 4 is 27.5 Å². The summed E-state index contributed by atoms with van der Waals surface area (Å²) in [7, 11) is -4.06. The van der Waals surface area contributed by atoms with Crippen LogP contribution in [0, 0.1) is 6.92 Å². The number of carbonyl (C=O) groups is 2. The third-order valence-electron chi connectivity index (χ3n) is 5.79. The Morgan fingerprint density at radius 3 is 1.95 bits per heavy atom. The zero-order valence-corrected chi connectivity index (χ0v) is 22.8. The van der Waals surface area contributed by atoms with E-state index in [4.69, 9.17) is 0 Å². The first kappa shape index (κ1) is 27.9. The Hall–Kier alpha value is -3.65. The van der Waals surface area contributed by atoms with Crippen molar-refractivity contribution in [1.82, 2.24) is 10.2 Å². The maximum absolute atomic E-state index is 13.8. The second kappa shape index (κ2) is 11.6. The first-order chi connectivity index (χ1) is 17.4. The Labute approximate surface area is 220 Å². The quantitative estimate of drug-likeness (QED) is 0.449. The van der Waals surface area contributed by atoms with E-state index in [2.05, 4.69) is 5.32 Å². The Bertz CT molecular complexity index is 1300. The molecule has 3 aromatic rings. The predicted octanol–water partition coefficient (Wildman–Crippen LogP) is 4.52. The SMILES string of the molecule is Cc1ccc(N(CC(=O)N(Cc2ccccc2)[C@@H](C)C(=O)NC(C)(C)C)S(=O)(=O)c2ccccc2)cc1. The molecule has 2 amide bonds. The van der Waals surface area contributed by atoms with Gasteiger partial charge in [0.25, 0.3) is 10.0 Å². The molecule has 0 fully saturated rings. The largest absolute Gasteiger partial charge is 0.350 e. The first-order valence-corrected chi connectivity index (χ1v) is 13.6. The van der Waals surface area contributed by atoms with Gasteiger partial charge in [0.15, 0.2) is 0 Å². The Morgan fingerprint density at radius 1 is 0.865 bits per heavy atom. The summed E-state index contributed by atoms with van der Waals surface area (Å²) in [5.74, 6) is -0.801. The number of benzene rings is 3. The molecular weight excluding hydrogens is 486 g/mol. The fourth-order valence-corrected chi connectivity index (χ4v) is 5.23.